The lowest BCUT2D eigenvalue weighted by atomic mass is 10.1. The van der Waals surface area contributed by atoms with Crippen molar-refractivity contribution in [3.05, 3.63) is 69.2 Å². The smallest absolute Gasteiger partial charge is 0.171 e. The second kappa shape index (κ2) is 7.15. The Morgan fingerprint density at radius 2 is 1.96 bits per heavy atom. The Balaban J connectivity index is 0.00000192. The van der Waals surface area contributed by atoms with Gasteiger partial charge in [-0.25, -0.2) is 4.39 Å². The first-order valence-electron chi connectivity index (χ1n) is 6.42. The van der Waals surface area contributed by atoms with Crippen molar-refractivity contribution in [3.63, 3.8) is 0 Å². The molecule has 0 N–H and O–H groups in total. The molecular weight excluding hydrogens is 383 g/mol. The highest BCUT2D eigenvalue weighted by molar-refractivity contribution is 9.10. The van der Waals surface area contributed by atoms with E-state index in [9.17, 15) is 9.18 Å². The number of hydrogen-bond acceptors (Lipinski definition) is 3. The van der Waals surface area contributed by atoms with Gasteiger partial charge in [0, 0.05) is 21.4 Å². The predicted molar refractivity (Wildman–Crippen MR) is 93.4 cm³/mol. The number of nitrogens with zero attached hydrogens (tertiary/aromatic N) is 2. The molecule has 0 aliphatic carbocycles. The highest BCUT2D eigenvalue weighted by Gasteiger charge is 2.14. The van der Waals surface area contributed by atoms with Crippen LogP contribution in [0.25, 0.3) is 11.0 Å². The van der Waals surface area contributed by atoms with E-state index in [1.165, 1.54) is 18.2 Å². The van der Waals surface area contributed by atoms with Crippen molar-refractivity contribution in [2.75, 3.05) is 0 Å². The van der Waals surface area contributed by atoms with Crippen LogP contribution in [-0.4, -0.2) is 15.8 Å². The first kappa shape index (κ1) is 17.5. The van der Waals surface area contributed by atoms with Crippen LogP contribution in [0.2, 0.25) is 5.02 Å². The molecular formula is C17H13BrClFN2O. The standard InChI is InChI=1S/C16H9BrClFN2O.CH4/c17-9-5-15-14(20-8-9)4-2-11(21-15)7-16(22)12-6-10(18)1-3-13(12)19;/h1-6,8H,7H2;1H4. The fraction of sp³-hybridized carbons (Fsp3) is 0.118. The van der Waals surface area contributed by atoms with E-state index in [0.29, 0.717) is 16.2 Å². The lowest BCUT2D eigenvalue weighted by molar-refractivity contribution is 0.0988. The molecule has 0 saturated heterocycles. The number of fused-ring (bicyclic) bond motifs is 1. The molecule has 3 aromatic rings. The SMILES string of the molecule is C.O=C(Cc1ccc2ncc(Br)cc2n1)c1cc(Cl)ccc1F. The molecule has 0 atom stereocenters. The van der Waals surface area contributed by atoms with Crippen molar-refractivity contribution in [3.8, 4) is 0 Å². The Kier molecular flexibility index (Phi) is 5.44. The number of ketones is 1. The maximum atomic E-state index is 13.7. The van der Waals surface area contributed by atoms with Gasteiger partial charge in [0.05, 0.1) is 23.0 Å². The molecule has 0 radical (unpaired) electrons. The van der Waals surface area contributed by atoms with E-state index in [0.717, 1.165) is 9.99 Å². The number of carbonyl (C=O) groups excluding carboxylic acids is 1. The molecule has 0 unspecified atom stereocenters. The van der Waals surface area contributed by atoms with Gasteiger partial charge < -0.3 is 0 Å². The van der Waals surface area contributed by atoms with E-state index in [1.54, 1.807) is 18.3 Å². The summed E-state index contributed by atoms with van der Waals surface area (Å²) in [6, 6.07) is 9.24. The number of rotatable bonds is 3. The third kappa shape index (κ3) is 3.92. The van der Waals surface area contributed by atoms with Crippen LogP contribution in [0.1, 0.15) is 23.5 Å². The molecule has 118 valence electrons. The summed E-state index contributed by atoms with van der Waals surface area (Å²) < 4.78 is 14.5. The Morgan fingerprint density at radius 1 is 1.17 bits per heavy atom. The molecule has 23 heavy (non-hydrogen) atoms. The lowest BCUT2D eigenvalue weighted by Crippen LogP contribution is -2.07. The van der Waals surface area contributed by atoms with Crippen LogP contribution in [0.5, 0.6) is 0 Å². The third-order valence-corrected chi connectivity index (χ3v) is 3.80. The molecule has 1 aromatic carbocycles. The Hall–Kier alpha value is -1.85. The molecule has 6 heteroatoms. The van der Waals surface area contributed by atoms with Gasteiger partial charge in [-0.1, -0.05) is 19.0 Å². The Morgan fingerprint density at radius 3 is 2.74 bits per heavy atom. The second-order valence-electron chi connectivity index (χ2n) is 4.72. The Bertz CT molecular complexity index is 886. The summed E-state index contributed by atoms with van der Waals surface area (Å²) in [7, 11) is 0. The van der Waals surface area contributed by atoms with Gasteiger partial charge in [-0.3, -0.25) is 14.8 Å². The zero-order valence-electron chi connectivity index (χ0n) is 11.2. The third-order valence-electron chi connectivity index (χ3n) is 3.13. The molecule has 3 nitrogen and oxygen atoms in total. The van der Waals surface area contributed by atoms with Crippen LogP contribution in [0.3, 0.4) is 0 Å². The van der Waals surface area contributed by atoms with Crippen molar-refractivity contribution in [1.29, 1.82) is 0 Å². The lowest BCUT2D eigenvalue weighted by Gasteiger charge is -2.05. The highest BCUT2D eigenvalue weighted by atomic mass is 79.9. The number of benzene rings is 1. The maximum Gasteiger partial charge on any atom is 0.171 e. The number of aromatic nitrogens is 2. The summed E-state index contributed by atoms with van der Waals surface area (Å²) in [6.07, 6.45) is 1.68. The van der Waals surface area contributed by atoms with E-state index >= 15 is 0 Å². The number of pyridine rings is 2. The van der Waals surface area contributed by atoms with Gasteiger partial charge in [0.25, 0.3) is 0 Å². The molecule has 2 heterocycles. The second-order valence-corrected chi connectivity index (χ2v) is 6.07. The van der Waals surface area contributed by atoms with Crippen molar-refractivity contribution in [1.82, 2.24) is 9.97 Å². The topological polar surface area (TPSA) is 42.9 Å². The van der Waals surface area contributed by atoms with E-state index in [4.69, 9.17) is 11.6 Å². The quantitative estimate of drug-likeness (QED) is 0.569. The number of hydrogen-bond donors (Lipinski definition) is 0. The molecule has 0 spiro atoms. The van der Waals surface area contributed by atoms with Crippen molar-refractivity contribution in [2.45, 2.75) is 13.8 Å². The molecule has 0 saturated carbocycles. The van der Waals surface area contributed by atoms with E-state index in [-0.39, 0.29) is 25.2 Å². The van der Waals surface area contributed by atoms with E-state index in [2.05, 4.69) is 25.9 Å². The molecule has 0 amide bonds. The summed E-state index contributed by atoms with van der Waals surface area (Å²) in [5.41, 5.74) is 1.93. The van der Waals surface area contributed by atoms with E-state index in [1.807, 2.05) is 6.07 Å². The summed E-state index contributed by atoms with van der Waals surface area (Å²) in [4.78, 5) is 20.8. The zero-order valence-corrected chi connectivity index (χ0v) is 13.5. The number of Topliss-reactive ketones (excluding diaryl/α,β-unsaturated/α-hetero) is 1. The summed E-state index contributed by atoms with van der Waals surface area (Å²) in [6.45, 7) is 0. The average molecular weight is 396 g/mol. The van der Waals surface area contributed by atoms with Gasteiger partial charge in [-0.2, -0.15) is 0 Å². The van der Waals surface area contributed by atoms with Gasteiger partial charge in [0.2, 0.25) is 0 Å². The maximum absolute atomic E-state index is 13.7. The van der Waals surface area contributed by atoms with Crippen LogP contribution in [0.4, 0.5) is 4.39 Å². The molecule has 0 bridgehead atoms. The van der Waals surface area contributed by atoms with Crippen molar-refractivity contribution < 1.29 is 9.18 Å². The summed E-state index contributed by atoms with van der Waals surface area (Å²) in [5.74, 6) is -0.950. The molecule has 2 aromatic heterocycles. The average Bonchev–Trinajstić information content (AvgIpc) is 2.49. The Labute approximate surface area is 146 Å². The van der Waals surface area contributed by atoms with Gasteiger partial charge >= 0.3 is 0 Å². The summed E-state index contributed by atoms with van der Waals surface area (Å²) >= 11 is 9.14. The minimum atomic E-state index is -0.584. The molecule has 3 rings (SSSR count). The fourth-order valence-corrected chi connectivity index (χ4v) is 2.58. The molecule has 0 fully saturated rings. The van der Waals surface area contributed by atoms with Crippen LogP contribution in [0, 0.1) is 5.82 Å². The predicted octanol–water partition coefficient (Wildman–Crippen LogP) is 5.25. The minimum Gasteiger partial charge on any atom is -0.294 e. The van der Waals surface area contributed by atoms with Gasteiger partial charge in [0.1, 0.15) is 5.82 Å². The monoisotopic (exact) mass is 394 g/mol. The van der Waals surface area contributed by atoms with Crippen molar-refractivity contribution in [2.24, 2.45) is 0 Å². The number of halogens is 3. The van der Waals surface area contributed by atoms with Gasteiger partial charge in [-0.15, -0.1) is 0 Å². The van der Waals surface area contributed by atoms with Gasteiger partial charge in [0.15, 0.2) is 5.78 Å². The van der Waals surface area contributed by atoms with Crippen LogP contribution >= 0.6 is 27.5 Å². The minimum absolute atomic E-state index is 0. The van der Waals surface area contributed by atoms with E-state index < -0.39 is 5.82 Å². The van der Waals surface area contributed by atoms with Crippen LogP contribution < -0.4 is 0 Å². The molecule has 0 aliphatic heterocycles. The fourth-order valence-electron chi connectivity index (χ4n) is 2.09. The first-order valence-corrected chi connectivity index (χ1v) is 7.59. The number of carbonyl (C=O) groups is 1. The van der Waals surface area contributed by atoms with Crippen molar-refractivity contribution >= 4 is 44.3 Å². The van der Waals surface area contributed by atoms with Crippen LogP contribution in [0.15, 0.2) is 47.1 Å². The summed E-state index contributed by atoms with van der Waals surface area (Å²) in [5, 5.41) is 0.323. The van der Waals surface area contributed by atoms with Crippen LogP contribution in [-0.2, 0) is 6.42 Å². The normalized spacial score (nSPS) is 10.4. The molecule has 0 aliphatic rings. The highest BCUT2D eigenvalue weighted by Crippen LogP contribution is 2.19. The van der Waals surface area contributed by atoms with Gasteiger partial charge in [-0.05, 0) is 52.3 Å². The largest absolute Gasteiger partial charge is 0.294 e. The zero-order chi connectivity index (χ0) is 15.7. The first-order chi connectivity index (χ1) is 10.5.